The standard InChI is InChI=1S/C11H14F3NO.ClH/c1-8(7-15-2)16-10-5-3-9(4-6-10)11(12,13)14;/h3-6,8,15H,7H2,1-2H3;1H. The summed E-state index contributed by atoms with van der Waals surface area (Å²) in [6.45, 7) is 2.48. The Morgan fingerprint density at radius 2 is 1.76 bits per heavy atom. The lowest BCUT2D eigenvalue weighted by Crippen LogP contribution is -2.26. The van der Waals surface area contributed by atoms with E-state index in [0.29, 0.717) is 12.3 Å². The lowest BCUT2D eigenvalue weighted by molar-refractivity contribution is -0.137. The molecule has 0 saturated heterocycles. The lowest BCUT2D eigenvalue weighted by atomic mass is 10.2. The van der Waals surface area contributed by atoms with Gasteiger partial charge in [0.25, 0.3) is 0 Å². The number of alkyl halides is 3. The molecule has 0 bridgehead atoms. The highest BCUT2D eigenvalue weighted by Crippen LogP contribution is 2.30. The van der Waals surface area contributed by atoms with Crippen LogP contribution >= 0.6 is 12.4 Å². The van der Waals surface area contributed by atoms with Crippen molar-refractivity contribution in [1.82, 2.24) is 5.32 Å². The third-order valence-electron chi connectivity index (χ3n) is 2.01. The van der Waals surface area contributed by atoms with E-state index in [1.807, 2.05) is 6.92 Å². The fourth-order valence-electron chi connectivity index (χ4n) is 1.28. The highest BCUT2D eigenvalue weighted by molar-refractivity contribution is 5.85. The van der Waals surface area contributed by atoms with Crippen LogP contribution in [-0.4, -0.2) is 19.7 Å². The van der Waals surface area contributed by atoms with Crippen LogP contribution in [-0.2, 0) is 6.18 Å². The molecule has 2 nitrogen and oxygen atoms in total. The summed E-state index contributed by atoms with van der Waals surface area (Å²) in [5.74, 6) is 0.441. The summed E-state index contributed by atoms with van der Waals surface area (Å²) >= 11 is 0. The van der Waals surface area contributed by atoms with Gasteiger partial charge in [-0.2, -0.15) is 13.2 Å². The maximum Gasteiger partial charge on any atom is 0.416 e. The fourth-order valence-corrected chi connectivity index (χ4v) is 1.28. The average molecular weight is 270 g/mol. The first-order chi connectivity index (χ1) is 7.43. The molecular formula is C11H15ClF3NO. The van der Waals surface area contributed by atoms with Crippen LogP contribution in [0, 0.1) is 0 Å². The van der Waals surface area contributed by atoms with Crippen molar-refractivity contribution >= 4 is 12.4 Å². The normalized spacial score (nSPS) is 12.8. The van der Waals surface area contributed by atoms with Crippen LogP contribution in [0.15, 0.2) is 24.3 Å². The minimum atomic E-state index is -4.30. The molecule has 0 spiro atoms. The second-order valence-electron chi connectivity index (χ2n) is 3.51. The minimum Gasteiger partial charge on any atom is -0.489 e. The van der Waals surface area contributed by atoms with Gasteiger partial charge >= 0.3 is 6.18 Å². The van der Waals surface area contributed by atoms with Crippen molar-refractivity contribution in [3.05, 3.63) is 29.8 Å². The second-order valence-corrected chi connectivity index (χ2v) is 3.51. The van der Waals surface area contributed by atoms with E-state index in [4.69, 9.17) is 4.74 Å². The Kier molecular flexibility index (Phi) is 6.34. The molecule has 0 fully saturated rings. The van der Waals surface area contributed by atoms with Crippen LogP contribution in [0.2, 0.25) is 0 Å². The van der Waals surface area contributed by atoms with Crippen LogP contribution in [0.5, 0.6) is 5.75 Å². The quantitative estimate of drug-likeness (QED) is 0.907. The zero-order chi connectivity index (χ0) is 12.2. The van der Waals surface area contributed by atoms with Crippen LogP contribution in [0.25, 0.3) is 0 Å². The van der Waals surface area contributed by atoms with Gasteiger partial charge in [-0.05, 0) is 38.2 Å². The summed E-state index contributed by atoms with van der Waals surface area (Å²) in [4.78, 5) is 0. The SMILES string of the molecule is CNCC(C)Oc1ccc(C(F)(F)F)cc1.Cl. The molecule has 1 rings (SSSR count). The fraction of sp³-hybridized carbons (Fsp3) is 0.455. The van der Waals surface area contributed by atoms with Gasteiger partial charge in [0.05, 0.1) is 5.56 Å². The first kappa shape index (κ1) is 16.1. The summed E-state index contributed by atoms with van der Waals surface area (Å²) in [6, 6.07) is 4.69. The molecule has 98 valence electrons. The van der Waals surface area contributed by atoms with E-state index in [1.165, 1.54) is 12.1 Å². The molecule has 6 heteroatoms. The largest absolute Gasteiger partial charge is 0.489 e. The van der Waals surface area contributed by atoms with Gasteiger partial charge in [0, 0.05) is 6.54 Å². The number of nitrogens with one attached hydrogen (secondary N) is 1. The van der Waals surface area contributed by atoms with Gasteiger partial charge in [0.15, 0.2) is 0 Å². The first-order valence-corrected chi connectivity index (χ1v) is 4.92. The predicted molar refractivity (Wildman–Crippen MR) is 62.7 cm³/mol. The highest BCUT2D eigenvalue weighted by atomic mass is 35.5. The Hall–Kier alpha value is -0.940. The number of likely N-dealkylation sites (N-methyl/N-ethyl adjacent to an activating group) is 1. The Bertz CT molecular complexity index is 326. The van der Waals surface area contributed by atoms with Gasteiger partial charge in [0.2, 0.25) is 0 Å². The molecule has 0 aliphatic carbocycles. The maximum absolute atomic E-state index is 12.3. The van der Waals surface area contributed by atoms with Gasteiger partial charge in [-0.1, -0.05) is 0 Å². The van der Waals surface area contributed by atoms with Crippen molar-refractivity contribution in [3.8, 4) is 5.75 Å². The third-order valence-corrected chi connectivity index (χ3v) is 2.01. The molecule has 0 aromatic heterocycles. The van der Waals surface area contributed by atoms with Crippen molar-refractivity contribution in [2.24, 2.45) is 0 Å². The van der Waals surface area contributed by atoms with E-state index < -0.39 is 11.7 Å². The van der Waals surface area contributed by atoms with Gasteiger partial charge < -0.3 is 10.1 Å². The number of halogens is 4. The van der Waals surface area contributed by atoms with Crippen molar-refractivity contribution in [2.75, 3.05) is 13.6 Å². The van der Waals surface area contributed by atoms with Gasteiger partial charge in [-0.3, -0.25) is 0 Å². The van der Waals surface area contributed by atoms with Crippen molar-refractivity contribution < 1.29 is 17.9 Å². The van der Waals surface area contributed by atoms with Gasteiger partial charge in [-0.25, -0.2) is 0 Å². The maximum atomic E-state index is 12.3. The van der Waals surface area contributed by atoms with Gasteiger partial charge in [-0.15, -0.1) is 12.4 Å². The van der Waals surface area contributed by atoms with Crippen molar-refractivity contribution in [3.63, 3.8) is 0 Å². The summed E-state index contributed by atoms with van der Waals surface area (Å²) < 4.78 is 42.1. The van der Waals surface area contributed by atoms with E-state index >= 15 is 0 Å². The first-order valence-electron chi connectivity index (χ1n) is 4.92. The molecule has 0 aliphatic rings. The Labute approximate surface area is 105 Å². The summed E-state index contributed by atoms with van der Waals surface area (Å²) in [5, 5.41) is 2.92. The molecule has 0 radical (unpaired) electrons. The van der Waals surface area contributed by atoms with Crippen LogP contribution in [0.4, 0.5) is 13.2 Å². The van der Waals surface area contributed by atoms with Crippen LogP contribution < -0.4 is 10.1 Å². The highest BCUT2D eigenvalue weighted by Gasteiger charge is 2.30. The van der Waals surface area contributed by atoms with E-state index in [0.717, 1.165) is 12.1 Å². The molecule has 0 aliphatic heterocycles. The molecule has 1 aromatic carbocycles. The number of ether oxygens (including phenoxy) is 1. The topological polar surface area (TPSA) is 21.3 Å². The van der Waals surface area contributed by atoms with E-state index in [2.05, 4.69) is 5.32 Å². The zero-order valence-electron chi connectivity index (χ0n) is 9.54. The molecule has 1 N–H and O–H groups in total. The van der Waals surface area contributed by atoms with E-state index in [9.17, 15) is 13.2 Å². The van der Waals surface area contributed by atoms with Crippen LogP contribution in [0.3, 0.4) is 0 Å². The molecular weight excluding hydrogens is 255 g/mol. The number of benzene rings is 1. The third kappa shape index (κ3) is 5.28. The number of hydrogen-bond donors (Lipinski definition) is 1. The molecule has 1 atom stereocenters. The Balaban J connectivity index is 0.00000256. The second kappa shape index (κ2) is 6.71. The zero-order valence-corrected chi connectivity index (χ0v) is 10.4. The molecule has 1 unspecified atom stereocenters. The number of rotatable bonds is 4. The average Bonchev–Trinajstić information content (AvgIpc) is 2.17. The van der Waals surface area contributed by atoms with Crippen LogP contribution in [0.1, 0.15) is 12.5 Å². The minimum absolute atomic E-state index is 0. The summed E-state index contributed by atoms with van der Waals surface area (Å²) in [7, 11) is 1.78. The lowest BCUT2D eigenvalue weighted by Gasteiger charge is -2.14. The molecule has 0 amide bonds. The number of hydrogen-bond acceptors (Lipinski definition) is 2. The molecule has 0 heterocycles. The Morgan fingerprint density at radius 3 is 2.18 bits per heavy atom. The van der Waals surface area contributed by atoms with Gasteiger partial charge in [0.1, 0.15) is 11.9 Å². The smallest absolute Gasteiger partial charge is 0.416 e. The molecule has 1 aromatic rings. The predicted octanol–water partition coefficient (Wildman–Crippen LogP) is 3.11. The summed E-state index contributed by atoms with van der Waals surface area (Å²) in [6.07, 6.45) is -4.38. The monoisotopic (exact) mass is 269 g/mol. The van der Waals surface area contributed by atoms with Crippen molar-refractivity contribution in [2.45, 2.75) is 19.2 Å². The molecule has 0 saturated carbocycles. The van der Waals surface area contributed by atoms with Crippen molar-refractivity contribution in [1.29, 1.82) is 0 Å². The summed E-state index contributed by atoms with van der Waals surface area (Å²) in [5.41, 5.74) is -0.666. The van der Waals surface area contributed by atoms with E-state index in [1.54, 1.807) is 7.05 Å². The molecule has 17 heavy (non-hydrogen) atoms. The Morgan fingerprint density at radius 1 is 1.24 bits per heavy atom. The van der Waals surface area contributed by atoms with E-state index in [-0.39, 0.29) is 18.5 Å².